The number of amides is 1. The summed E-state index contributed by atoms with van der Waals surface area (Å²) in [5, 5.41) is 11.3. The summed E-state index contributed by atoms with van der Waals surface area (Å²) >= 11 is 3.30. The van der Waals surface area contributed by atoms with E-state index >= 15 is 0 Å². The van der Waals surface area contributed by atoms with E-state index in [1.165, 1.54) is 11.6 Å². The SMILES string of the molecule is Cc1ccc(CCC(=O)N2CCc3cc(Br)cc([N+](=O)[O-])c32)cc1. The fourth-order valence-corrected chi connectivity index (χ4v) is 3.51. The fraction of sp³-hybridized carbons (Fsp3) is 0.278. The molecular weight excluding hydrogens is 372 g/mol. The van der Waals surface area contributed by atoms with Gasteiger partial charge in [-0.1, -0.05) is 45.8 Å². The molecule has 5 nitrogen and oxygen atoms in total. The number of nitrogens with zero attached hydrogens (tertiary/aromatic N) is 2. The monoisotopic (exact) mass is 388 g/mol. The van der Waals surface area contributed by atoms with Crippen molar-refractivity contribution in [3.8, 4) is 0 Å². The molecule has 0 aliphatic carbocycles. The molecular formula is C18H17BrN2O3. The molecule has 1 heterocycles. The normalized spacial score (nSPS) is 13.0. The Hall–Kier alpha value is -2.21. The zero-order chi connectivity index (χ0) is 17.3. The number of nitro groups is 1. The molecule has 2 aromatic rings. The van der Waals surface area contributed by atoms with Gasteiger partial charge in [0.2, 0.25) is 5.91 Å². The summed E-state index contributed by atoms with van der Waals surface area (Å²) in [5.74, 6) is -0.0697. The van der Waals surface area contributed by atoms with E-state index in [2.05, 4.69) is 15.9 Å². The predicted molar refractivity (Wildman–Crippen MR) is 96.4 cm³/mol. The van der Waals surface area contributed by atoms with Gasteiger partial charge in [-0.05, 0) is 37.0 Å². The van der Waals surface area contributed by atoms with Crippen LogP contribution in [0.5, 0.6) is 0 Å². The molecule has 3 rings (SSSR count). The maximum Gasteiger partial charge on any atom is 0.294 e. The number of fused-ring (bicyclic) bond motifs is 1. The highest BCUT2D eigenvalue weighted by molar-refractivity contribution is 9.10. The molecule has 0 unspecified atom stereocenters. The number of benzene rings is 2. The minimum absolute atomic E-state index is 0.0134. The quantitative estimate of drug-likeness (QED) is 0.582. The third-order valence-electron chi connectivity index (χ3n) is 4.25. The molecule has 0 N–H and O–H groups in total. The lowest BCUT2D eigenvalue weighted by molar-refractivity contribution is -0.384. The number of halogens is 1. The summed E-state index contributed by atoms with van der Waals surface area (Å²) in [5.41, 5.74) is 3.57. The number of carbonyl (C=O) groups is 1. The van der Waals surface area contributed by atoms with Crippen LogP contribution in [0.15, 0.2) is 40.9 Å². The third-order valence-corrected chi connectivity index (χ3v) is 4.71. The molecule has 6 heteroatoms. The fourth-order valence-electron chi connectivity index (χ4n) is 3.02. The van der Waals surface area contributed by atoms with E-state index in [1.807, 2.05) is 37.3 Å². The summed E-state index contributed by atoms with van der Waals surface area (Å²) < 4.78 is 0.668. The van der Waals surface area contributed by atoms with Gasteiger partial charge in [-0.2, -0.15) is 0 Å². The van der Waals surface area contributed by atoms with Crippen molar-refractivity contribution < 1.29 is 9.72 Å². The molecule has 24 heavy (non-hydrogen) atoms. The van der Waals surface area contributed by atoms with Crippen LogP contribution in [0.25, 0.3) is 0 Å². The van der Waals surface area contributed by atoms with Crippen molar-refractivity contribution in [1.82, 2.24) is 0 Å². The maximum absolute atomic E-state index is 12.6. The zero-order valence-electron chi connectivity index (χ0n) is 13.3. The second kappa shape index (κ2) is 6.73. The Morgan fingerprint density at radius 2 is 2.00 bits per heavy atom. The van der Waals surface area contributed by atoms with Gasteiger partial charge in [0, 0.05) is 23.5 Å². The van der Waals surface area contributed by atoms with Gasteiger partial charge < -0.3 is 4.90 Å². The van der Waals surface area contributed by atoms with Gasteiger partial charge in [0.25, 0.3) is 5.69 Å². The van der Waals surface area contributed by atoms with Crippen molar-refractivity contribution in [1.29, 1.82) is 0 Å². The summed E-state index contributed by atoms with van der Waals surface area (Å²) in [7, 11) is 0. The Labute approximate surface area is 148 Å². The van der Waals surface area contributed by atoms with Gasteiger partial charge in [-0.25, -0.2) is 0 Å². The molecule has 0 saturated carbocycles. The molecule has 124 valence electrons. The van der Waals surface area contributed by atoms with Crippen LogP contribution < -0.4 is 4.90 Å². The van der Waals surface area contributed by atoms with E-state index in [0.717, 1.165) is 11.1 Å². The van der Waals surface area contributed by atoms with Crippen molar-refractivity contribution in [3.05, 3.63) is 67.7 Å². The van der Waals surface area contributed by atoms with Crippen molar-refractivity contribution in [2.45, 2.75) is 26.2 Å². The second-order valence-corrected chi connectivity index (χ2v) is 6.89. The van der Waals surface area contributed by atoms with Crippen molar-refractivity contribution in [2.75, 3.05) is 11.4 Å². The third kappa shape index (κ3) is 3.33. The standard InChI is InChI=1S/C18H17BrN2O3/c1-12-2-4-13(5-3-12)6-7-17(22)20-9-8-14-10-15(19)11-16(18(14)20)21(23)24/h2-5,10-11H,6-9H2,1H3. The first-order valence-corrected chi connectivity index (χ1v) is 8.58. The minimum Gasteiger partial charge on any atom is -0.306 e. The summed E-state index contributed by atoms with van der Waals surface area (Å²) in [6.45, 7) is 2.52. The van der Waals surface area contributed by atoms with E-state index in [0.29, 0.717) is 36.0 Å². The van der Waals surface area contributed by atoms with Gasteiger partial charge in [0.1, 0.15) is 5.69 Å². The van der Waals surface area contributed by atoms with Crippen LogP contribution >= 0.6 is 15.9 Å². The van der Waals surface area contributed by atoms with Gasteiger partial charge in [0.05, 0.1) is 4.92 Å². The Kier molecular flexibility index (Phi) is 4.66. The molecule has 0 spiro atoms. The Morgan fingerprint density at radius 3 is 2.67 bits per heavy atom. The number of hydrogen-bond donors (Lipinski definition) is 0. The second-order valence-electron chi connectivity index (χ2n) is 5.97. The predicted octanol–water partition coefficient (Wildman–Crippen LogP) is 4.19. The Bertz CT molecular complexity index is 803. The van der Waals surface area contributed by atoms with Gasteiger partial charge in [0.15, 0.2) is 0 Å². The lowest BCUT2D eigenvalue weighted by atomic mass is 10.1. The average molecular weight is 389 g/mol. The van der Waals surface area contributed by atoms with Crippen LogP contribution in [-0.2, 0) is 17.6 Å². The zero-order valence-corrected chi connectivity index (χ0v) is 14.9. The van der Waals surface area contributed by atoms with Crippen LogP contribution in [0.2, 0.25) is 0 Å². The smallest absolute Gasteiger partial charge is 0.294 e. The number of hydrogen-bond acceptors (Lipinski definition) is 3. The lowest BCUT2D eigenvalue weighted by Gasteiger charge is -2.17. The number of rotatable bonds is 4. The molecule has 0 bridgehead atoms. The first-order chi connectivity index (χ1) is 11.5. The van der Waals surface area contributed by atoms with Gasteiger partial charge >= 0.3 is 0 Å². The van der Waals surface area contributed by atoms with Gasteiger partial charge in [-0.3, -0.25) is 14.9 Å². The summed E-state index contributed by atoms with van der Waals surface area (Å²) in [6.07, 6.45) is 1.62. The van der Waals surface area contributed by atoms with E-state index < -0.39 is 4.92 Å². The molecule has 1 aliphatic heterocycles. The first kappa shape index (κ1) is 16.6. The van der Waals surface area contributed by atoms with Crippen LogP contribution in [0.4, 0.5) is 11.4 Å². The van der Waals surface area contributed by atoms with Crippen molar-refractivity contribution >= 4 is 33.2 Å². The Morgan fingerprint density at radius 1 is 1.29 bits per heavy atom. The average Bonchev–Trinajstić information content (AvgIpc) is 2.96. The van der Waals surface area contributed by atoms with E-state index in [1.54, 1.807) is 4.90 Å². The van der Waals surface area contributed by atoms with E-state index in [-0.39, 0.29) is 11.6 Å². The van der Waals surface area contributed by atoms with Crippen LogP contribution in [0.1, 0.15) is 23.1 Å². The summed E-state index contributed by atoms with van der Waals surface area (Å²) in [4.78, 5) is 25.1. The van der Waals surface area contributed by atoms with E-state index in [9.17, 15) is 14.9 Å². The summed E-state index contributed by atoms with van der Waals surface area (Å²) in [6, 6.07) is 11.4. The van der Waals surface area contributed by atoms with Crippen molar-refractivity contribution in [2.24, 2.45) is 0 Å². The first-order valence-electron chi connectivity index (χ1n) is 7.78. The van der Waals surface area contributed by atoms with Crippen LogP contribution in [-0.4, -0.2) is 17.4 Å². The topological polar surface area (TPSA) is 63.5 Å². The highest BCUT2D eigenvalue weighted by Gasteiger charge is 2.32. The molecule has 1 amide bonds. The number of carbonyl (C=O) groups excluding carboxylic acids is 1. The highest BCUT2D eigenvalue weighted by atomic mass is 79.9. The molecule has 2 aromatic carbocycles. The number of nitro benzene ring substituents is 1. The highest BCUT2D eigenvalue weighted by Crippen LogP contribution is 2.39. The molecule has 0 fully saturated rings. The number of anilines is 1. The Balaban J connectivity index is 1.79. The van der Waals surface area contributed by atoms with Crippen LogP contribution in [0, 0.1) is 17.0 Å². The molecule has 0 saturated heterocycles. The van der Waals surface area contributed by atoms with Crippen LogP contribution in [0.3, 0.4) is 0 Å². The molecule has 0 radical (unpaired) electrons. The van der Waals surface area contributed by atoms with E-state index in [4.69, 9.17) is 0 Å². The minimum atomic E-state index is -0.421. The number of aryl methyl sites for hydroxylation is 2. The molecule has 1 aliphatic rings. The molecule has 0 aromatic heterocycles. The molecule has 0 atom stereocenters. The maximum atomic E-state index is 12.6. The van der Waals surface area contributed by atoms with Crippen molar-refractivity contribution in [3.63, 3.8) is 0 Å². The lowest BCUT2D eigenvalue weighted by Crippen LogP contribution is -2.29. The largest absolute Gasteiger partial charge is 0.306 e. The van der Waals surface area contributed by atoms with Gasteiger partial charge in [-0.15, -0.1) is 0 Å².